The van der Waals surface area contributed by atoms with Crippen LogP contribution < -0.4 is 14.9 Å². The molecule has 0 unspecified atom stereocenters. The van der Waals surface area contributed by atoms with Gasteiger partial charge in [-0.25, -0.2) is 23.0 Å². The number of rotatable bonds is 8. The molecule has 0 atom stereocenters. The highest BCUT2D eigenvalue weighted by Crippen LogP contribution is 2.21. The molecule has 0 radical (unpaired) electrons. The second-order valence-electron chi connectivity index (χ2n) is 7.74. The number of halogens is 2. The predicted octanol–water partition coefficient (Wildman–Crippen LogP) is 5.26. The predicted molar refractivity (Wildman–Crippen MR) is 142 cm³/mol. The van der Waals surface area contributed by atoms with Crippen LogP contribution >= 0.6 is 11.6 Å². The van der Waals surface area contributed by atoms with E-state index in [1.54, 1.807) is 24.3 Å². The molecule has 4 aromatic carbocycles. The molecule has 1 amide bonds. The summed E-state index contributed by atoms with van der Waals surface area (Å²) in [7, 11) is -3.97. The average molecular weight is 552 g/mol. The van der Waals surface area contributed by atoms with Gasteiger partial charge in [0, 0.05) is 5.02 Å². The maximum Gasteiger partial charge on any atom is 0.346 e. The molecule has 0 saturated heterocycles. The first-order valence-corrected chi connectivity index (χ1v) is 12.9. The van der Waals surface area contributed by atoms with Gasteiger partial charge >= 0.3 is 5.97 Å². The van der Waals surface area contributed by atoms with E-state index in [2.05, 4.69) is 15.2 Å². The van der Waals surface area contributed by atoms with Gasteiger partial charge in [-0.15, -0.1) is 0 Å². The van der Waals surface area contributed by atoms with Crippen molar-refractivity contribution in [2.24, 2.45) is 5.10 Å². The Labute approximate surface area is 222 Å². The van der Waals surface area contributed by atoms with E-state index >= 15 is 0 Å². The number of carbonyl (C=O) groups excluding carboxylic acids is 2. The van der Waals surface area contributed by atoms with E-state index in [0.717, 1.165) is 6.07 Å². The van der Waals surface area contributed by atoms with Crippen LogP contribution in [-0.2, 0) is 10.0 Å². The smallest absolute Gasteiger partial charge is 0.346 e. The number of amides is 1. The molecule has 0 aliphatic heterocycles. The molecular formula is C27H19ClFN3O5S. The third-order valence-electron chi connectivity index (χ3n) is 5.10. The van der Waals surface area contributed by atoms with Crippen LogP contribution in [0.5, 0.6) is 5.75 Å². The van der Waals surface area contributed by atoms with Crippen molar-refractivity contribution in [3.8, 4) is 5.75 Å². The van der Waals surface area contributed by atoms with Crippen LogP contribution in [0.25, 0.3) is 0 Å². The number of hydrogen-bond donors (Lipinski definition) is 2. The molecule has 0 aliphatic carbocycles. The van der Waals surface area contributed by atoms with Gasteiger partial charge in [0.15, 0.2) is 0 Å². The summed E-state index contributed by atoms with van der Waals surface area (Å²) in [4.78, 5) is 24.8. The molecular weight excluding hydrogens is 533 g/mol. The first kappa shape index (κ1) is 26.5. The number of benzene rings is 4. The third-order valence-corrected chi connectivity index (χ3v) is 6.74. The summed E-state index contributed by atoms with van der Waals surface area (Å²) >= 11 is 5.82. The van der Waals surface area contributed by atoms with E-state index in [-0.39, 0.29) is 27.5 Å². The van der Waals surface area contributed by atoms with Crippen molar-refractivity contribution in [2.45, 2.75) is 4.90 Å². The number of hydrazone groups is 1. The lowest BCUT2D eigenvalue weighted by atomic mass is 10.2. The zero-order chi connectivity index (χ0) is 27.1. The van der Waals surface area contributed by atoms with E-state index in [0.29, 0.717) is 10.6 Å². The third kappa shape index (κ3) is 6.61. The minimum atomic E-state index is -3.97. The average Bonchev–Trinajstić information content (AvgIpc) is 2.90. The van der Waals surface area contributed by atoms with Gasteiger partial charge in [0.05, 0.1) is 27.9 Å². The van der Waals surface area contributed by atoms with Gasteiger partial charge in [0.2, 0.25) is 0 Å². The van der Waals surface area contributed by atoms with Crippen LogP contribution in [0.1, 0.15) is 26.3 Å². The van der Waals surface area contributed by atoms with E-state index in [1.807, 2.05) is 0 Å². The second kappa shape index (κ2) is 11.7. The minimum Gasteiger partial charge on any atom is -0.423 e. The van der Waals surface area contributed by atoms with Gasteiger partial charge in [0.1, 0.15) is 11.6 Å². The Bertz CT molecular complexity index is 1610. The molecule has 38 heavy (non-hydrogen) atoms. The molecule has 4 aromatic rings. The Morgan fingerprint density at radius 3 is 2.16 bits per heavy atom. The monoisotopic (exact) mass is 551 g/mol. The number of sulfonamides is 1. The molecule has 0 heterocycles. The van der Waals surface area contributed by atoms with Gasteiger partial charge in [-0.2, -0.15) is 5.10 Å². The zero-order valence-corrected chi connectivity index (χ0v) is 21.0. The Balaban J connectivity index is 1.39. The minimum absolute atomic E-state index is 0.0156. The Morgan fingerprint density at radius 2 is 1.47 bits per heavy atom. The molecule has 0 spiro atoms. The lowest BCUT2D eigenvalue weighted by Crippen LogP contribution is -2.21. The summed E-state index contributed by atoms with van der Waals surface area (Å²) in [5.74, 6) is -1.97. The number of nitrogens with zero attached hydrogens (tertiary/aromatic N) is 1. The van der Waals surface area contributed by atoms with E-state index in [1.165, 1.54) is 72.9 Å². The van der Waals surface area contributed by atoms with E-state index in [4.69, 9.17) is 16.3 Å². The van der Waals surface area contributed by atoms with Gasteiger partial charge in [-0.3, -0.25) is 9.52 Å². The molecule has 0 saturated carbocycles. The summed E-state index contributed by atoms with van der Waals surface area (Å²) in [6.45, 7) is 0. The highest BCUT2D eigenvalue weighted by molar-refractivity contribution is 7.92. The van der Waals surface area contributed by atoms with Crippen molar-refractivity contribution in [1.82, 2.24) is 5.43 Å². The normalized spacial score (nSPS) is 11.2. The molecule has 0 bridgehead atoms. The molecule has 0 fully saturated rings. The molecule has 4 rings (SSSR count). The summed E-state index contributed by atoms with van der Waals surface area (Å²) < 4.78 is 46.7. The molecule has 2 N–H and O–H groups in total. The van der Waals surface area contributed by atoms with Crippen LogP contribution in [0.3, 0.4) is 0 Å². The number of esters is 1. The van der Waals surface area contributed by atoms with Gasteiger partial charge in [-0.1, -0.05) is 35.9 Å². The number of para-hydroxylation sites is 1. The second-order valence-corrected chi connectivity index (χ2v) is 9.86. The summed E-state index contributed by atoms with van der Waals surface area (Å²) in [6, 6.07) is 23.3. The quantitative estimate of drug-likeness (QED) is 0.134. The lowest BCUT2D eigenvalue weighted by molar-refractivity contribution is 0.0729. The van der Waals surface area contributed by atoms with Crippen molar-refractivity contribution in [3.05, 3.63) is 125 Å². The number of carbonyl (C=O) groups is 2. The number of nitrogens with one attached hydrogen (secondary N) is 2. The van der Waals surface area contributed by atoms with Crippen molar-refractivity contribution < 1.29 is 27.1 Å². The van der Waals surface area contributed by atoms with E-state index in [9.17, 15) is 22.4 Å². The van der Waals surface area contributed by atoms with Gasteiger partial charge < -0.3 is 4.74 Å². The molecule has 8 nitrogen and oxygen atoms in total. The topological polar surface area (TPSA) is 114 Å². The largest absolute Gasteiger partial charge is 0.423 e. The van der Waals surface area contributed by atoms with E-state index < -0.39 is 27.7 Å². The zero-order valence-electron chi connectivity index (χ0n) is 19.5. The maximum atomic E-state index is 13.7. The first-order chi connectivity index (χ1) is 18.2. The number of hydrogen-bond acceptors (Lipinski definition) is 6. The van der Waals surface area contributed by atoms with Crippen LogP contribution in [-0.4, -0.2) is 26.5 Å². The number of anilines is 1. The van der Waals surface area contributed by atoms with Crippen molar-refractivity contribution in [2.75, 3.05) is 4.72 Å². The fraction of sp³-hybridized carbons (Fsp3) is 0. The standard InChI is InChI=1S/C27H19ClFN3O5S/c28-19-11-15-21(16-12-19)38(35,36)32-25-8-4-2-6-23(25)26(33)31-30-17-18-9-13-20(14-10-18)37-27(34)22-5-1-3-7-24(22)29/h1-17,32H,(H,31,33)/b30-17+. The van der Waals surface area contributed by atoms with Gasteiger partial charge in [0.25, 0.3) is 15.9 Å². The van der Waals surface area contributed by atoms with Crippen LogP contribution in [0, 0.1) is 5.82 Å². The first-order valence-electron chi connectivity index (χ1n) is 11.0. The molecule has 0 aromatic heterocycles. The summed E-state index contributed by atoms with van der Waals surface area (Å²) in [6.07, 6.45) is 1.35. The maximum absolute atomic E-state index is 13.7. The van der Waals surface area contributed by atoms with Gasteiger partial charge in [-0.05, 0) is 78.4 Å². The van der Waals surface area contributed by atoms with Crippen molar-refractivity contribution >= 4 is 45.4 Å². The van der Waals surface area contributed by atoms with Crippen molar-refractivity contribution in [3.63, 3.8) is 0 Å². The highest BCUT2D eigenvalue weighted by atomic mass is 35.5. The van der Waals surface area contributed by atoms with Crippen LogP contribution in [0.15, 0.2) is 107 Å². The summed E-state index contributed by atoms with van der Waals surface area (Å²) in [5.41, 5.74) is 2.84. The summed E-state index contributed by atoms with van der Waals surface area (Å²) in [5, 5.41) is 4.29. The SMILES string of the molecule is O=C(Oc1ccc(/C=N/NC(=O)c2ccccc2NS(=O)(=O)c2ccc(Cl)cc2)cc1)c1ccccc1F. The molecule has 11 heteroatoms. The van der Waals surface area contributed by atoms with Crippen LogP contribution in [0.2, 0.25) is 5.02 Å². The Kier molecular flexibility index (Phi) is 8.15. The molecule has 192 valence electrons. The Morgan fingerprint density at radius 1 is 0.842 bits per heavy atom. The molecule has 0 aliphatic rings. The van der Waals surface area contributed by atoms with Crippen molar-refractivity contribution in [1.29, 1.82) is 0 Å². The fourth-order valence-corrected chi connectivity index (χ4v) is 4.43. The lowest BCUT2D eigenvalue weighted by Gasteiger charge is -2.11. The number of ether oxygens (including phenoxy) is 1. The fourth-order valence-electron chi connectivity index (χ4n) is 3.22. The van der Waals surface area contributed by atoms with Crippen LogP contribution in [0.4, 0.5) is 10.1 Å². The highest BCUT2D eigenvalue weighted by Gasteiger charge is 2.18. The Hall–Kier alpha value is -4.54.